The van der Waals surface area contributed by atoms with Gasteiger partial charge in [0.05, 0.1) is 17.5 Å². The molecule has 1 unspecified atom stereocenters. The highest BCUT2D eigenvalue weighted by Crippen LogP contribution is 2.32. The zero-order valence-corrected chi connectivity index (χ0v) is 12.0. The van der Waals surface area contributed by atoms with Crippen LogP contribution in [-0.4, -0.2) is 23.9 Å². The Balaban J connectivity index is 2.78. The van der Waals surface area contributed by atoms with Crippen LogP contribution < -0.4 is 11.1 Å². The maximum Gasteiger partial charge on any atom is 0.398 e. The molecule has 0 aliphatic rings. The summed E-state index contributed by atoms with van der Waals surface area (Å²) < 4.78 is 36.7. The molecule has 1 rings (SSSR count). The number of anilines is 1. The summed E-state index contributed by atoms with van der Waals surface area (Å²) in [6, 6.07) is 5.66. The first kappa shape index (κ1) is 16.8. The first-order chi connectivity index (χ1) is 9.20. The Labute approximate surface area is 120 Å². The van der Waals surface area contributed by atoms with E-state index >= 15 is 0 Å². The molecule has 20 heavy (non-hydrogen) atoms. The number of halogens is 3. The van der Waals surface area contributed by atoms with E-state index in [0.29, 0.717) is 22.3 Å². The van der Waals surface area contributed by atoms with Gasteiger partial charge in [0.1, 0.15) is 0 Å². The highest BCUT2D eigenvalue weighted by molar-refractivity contribution is 7.99. The van der Waals surface area contributed by atoms with E-state index < -0.39 is 23.9 Å². The molecular formula is C13H17F3N2OS. The van der Waals surface area contributed by atoms with Crippen LogP contribution in [0.3, 0.4) is 0 Å². The van der Waals surface area contributed by atoms with Gasteiger partial charge in [-0.25, -0.2) is 0 Å². The molecule has 0 saturated heterocycles. The van der Waals surface area contributed by atoms with Crippen LogP contribution in [0.4, 0.5) is 18.9 Å². The van der Waals surface area contributed by atoms with Crippen molar-refractivity contribution in [3.05, 3.63) is 24.3 Å². The number of nitrogens with two attached hydrogens (primary N) is 1. The third-order valence-electron chi connectivity index (χ3n) is 2.56. The van der Waals surface area contributed by atoms with E-state index in [-0.39, 0.29) is 5.92 Å². The van der Waals surface area contributed by atoms with Crippen molar-refractivity contribution in [2.45, 2.75) is 31.0 Å². The van der Waals surface area contributed by atoms with E-state index in [1.807, 2.05) is 0 Å². The number of hydrogen-bond acceptors (Lipinski definition) is 3. The van der Waals surface area contributed by atoms with Crippen LogP contribution in [0.15, 0.2) is 29.2 Å². The highest BCUT2D eigenvalue weighted by Gasteiger charge is 2.28. The smallest absolute Gasteiger partial charge is 0.324 e. The molecule has 112 valence electrons. The molecule has 1 amide bonds. The largest absolute Gasteiger partial charge is 0.398 e. The van der Waals surface area contributed by atoms with E-state index in [1.54, 1.807) is 32.0 Å². The van der Waals surface area contributed by atoms with E-state index in [0.717, 1.165) is 0 Å². The summed E-state index contributed by atoms with van der Waals surface area (Å²) >= 11 is 0.636. The topological polar surface area (TPSA) is 55.1 Å². The summed E-state index contributed by atoms with van der Waals surface area (Å²) in [5, 5.41) is 2.58. The molecule has 7 heteroatoms. The van der Waals surface area contributed by atoms with Crippen LogP contribution in [-0.2, 0) is 4.79 Å². The summed E-state index contributed by atoms with van der Waals surface area (Å²) in [6.07, 6.45) is -4.25. The average molecular weight is 306 g/mol. The first-order valence-corrected chi connectivity index (χ1v) is 7.04. The van der Waals surface area contributed by atoms with Gasteiger partial charge in [-0.2, -0.15) is 13.2 Å². The van der Waals surface area contributed by atoms with Crippen LogP contribution in [0, 0.1) is 5.92 Å². The summed E-state index contributed by atoms with van der Waals surface area (Å²) in [4.78, 5) is 12.2. The Hall–Kier alpha value is -1.21. The number of nitrogens with one attached hydrogen (secondary N) is 1. The molecule has 3 N–H and O–H groups in total. The molecule has 0 bridgehead atoms. The predicted octanol–water partition coefficient (Wildman–Crippen LogP) is 3.26. The van der Waals surface area contributed by atoms with Crippen LogP contribution in [0.2, 0.25) is 0 Å². The summed E-state index contributed by atoms with van der Waals surface area (Å²) in [5.74, 6) is -1.46. The Bertz CT molecular complexity index is 463. The standard InChI is InChI=1S/C13H17F3N2OS/c1-8(2)11(17)12(19)18-9-5-3-4-6-10(9)20-7-13(14,15)16/h3-6,8,11H,7,17H2,1-2H3,(H,18,19). The molecule has 0 aliphatic heterocycles. The molecular weight excluding hydrogens is 289 g/mol. The van der Waals surface area contributed by atoms with Crippen molar-refractivity contribution >= 4 is 23.4 Å². The van der Waals surface area contributed by atoms with Crippen LogP contribution in [0.1, 0.15) is 13.8 Å². The van der Waals surface area contributed by atoms with Gasteiger partial charge in [-0.3, -0.25) is 4.79 Å². The van der Waals surface area contributed by atoms with Crippen LogP contribution in [0.25, 0.3) is 0 Å². The van der Waals surface area contributed by atoms with Crippen LogP contribution >= 0.6 is 11.8 Å². The number of carbonyl (C=O) groups is 1. The van der Waals surface area contributed by atoms with Crippen molar-refractivity contribution in [3.63, 3.8) is 0 Å². The number of thioether (sulfide) groups is 1. The number of amides is 1. The zero-order valence-electron chi connectivity index (χ0n) is 11.2. The lowest BCUT2D eigenvalue weighted by molar-refractivity contribution is -0.118. The molecule has 1 atom stereocenters. The molecule has 0 aliphatic carbocycles. The van der Waals surface area contributed by atoms with Gasteiger partial charge in [-0.05, 0) is 18.1 Å². The van der Waals surface area contributed by atoms with Gasteiger partial charge in [0.2, 0.25) is 5.91 Å². The SMILES string of the molecule is CC(C)C(N)C(=O)Nc1ccccc1SCC(F)(F)F. The minimum absolute atomic E-state index is 0.0509. The maximum absolute atomic E-state index is 12.2. The minimum atomic E-state index is -4.25. The van der Waals surface area contributed by atoms with Crippen molar-refractivity contribution in [2.24, 2.45) is 11.7 Å². The number of hydrogen-bond donors (Lipinski definition) is 2. The number of alkyl halides is 3. The zero-order chi connectivity index (χ0) is 15.3. The van der Waals surface area contributed by atoms with E-state index in [4.69, 9.17) is 5.73 Å². The number of para-hydroxylation sites is 1. The Morgan fingerprint density at radius 3 is 2.50 bits per heavy atom. The fourth-order valence-corrected chi connectivity index (χ4v) is 2.14. The minimum Gasteiger partial charge on any atom is -0.324 e. The van der Waals surface area contributed by atoms with Crippen molar-refractivity contribution in [1.82, 2.24) is 0 Å². The molecule has 0 radical (unpaired) electrons. The first-order valence-electron chi connectivity index (χ1n) is 6.05. The van der Waals surface area contributed by atoms with Gasteiger partial charge >= 0.3 is 6.18 Å². The molecule has 0 saturated carbocycles. The predicted molar refractivity (Wildman–Crippen MR) is 74.7 cm³/mol. The second-order valence-corrected chi connectivity index (χ2v) is 5.68. The molecule has 3 nitrogen and oxygen atoms in total. The van der Waals surface area contributed by atoms with Gasteiger partial charge in [0.25, 0.3) is 0 Å². The third-order valence-corrected chi connectivity index (χ3v) is 3.70. The van der Waals surface area contributed by atoms with Gasteiger partial charge in [0.15, 0.2) is 0 Å². The molecule has 0 heterocycles. The van der Waals surface area contributed by atoms with Gasteiger partial charge < -0.3 is 11.1 Å². The lowest BCUT2D eigenvalue weighted by atomic mass is 10.1. The quantitative estimate of drug-likeness (QED) is 0.821. The lowest BCUT2D eigenvalue weighted by Gasteiger charge is -2.17. The monoisotopic (exact) mass is 306 g/mol. The molecule has 0 fully saturated rings. The van der Waals surface area contributed by atoms with Gasteiger partial charge in [-0.1, -0.05) is 26.0 Å². The Morgan fingerprint density at radius 1 is 1.35 bits per heavy atom. The molecule has 1 aromatic rings. The van der Waals surface area contributed by atoms with Gasteiger partial charge in [-0.15, -0.1) is 11.8 Å². The van der Waals surface area contributed by atoms with Crippen molar-refractivity contribution in [2.75, 3.05) is 11.1 Å². The average Bonchev–Trinajstić information content (AvgIpc) is 2.35. The molecule has 1 aromatic carbocycles. The van der Waals surface area contributed by atoms with Crippen molar-refractivity contribution in [1.29, 1.82) is 0 Å². The Kier molecular flexibility index (Phi) is 5.88. The molecule has 0 spiro atoms. The maximum atomic E-state index is 12.2. The normalized spacial score (nSPS) is 13.3. The second-order valence-electron chi connectivity index (χ2n) is 4.66. The number of rotatable bonds is 5. The Morgan fingerprint density at radius 2 is 1.95 bits per heavy atom. The fraction of sp³-hybridized carbons (Fsp3) is 0.462. The van der Waals surface area contributed by atoms with Crippen molar-refractivity contribution in [3.8, 4) is 0 Å². The van der Waals surface area contributed by atoms with E-state index in [9.17, 15) is 18.0 Å². The lowest BCUT2D eigenvalue weighted by Crippen LogP contribution is -2.39. The fourth-order valence-electron chi connectivity index (χ4n) is 1.37. The van der Waals surface area contributed by atoms with Crippen LogP contribution in [0.5, 0.6) is 0 Å². The van der Waals surface area contributed by atoms with E-state index in [1.165, 1.54) is 6.07 Å². The third kappa shape index (κ3) is 5.42. The number of carbonyl (C=O) groups excluding carboxylic acids is 1. The summed E-state index contributed by atoms with van der Waals surface area (Å²) in [5.41, 5.74) is 6.05. The molecule has 0 aromatic heterocycles. The number of benzene rings is 1. The van der Waals surface area contributed by atoms with E-state index in [2.05, 4.69) is 5.32 Å². The van der Waals surface area contributed by atoms with Gasteiger partial charge in [0, 0.05) is 4.90 Å². The highest BCUT2D eigenvalue weighted by atomic mass is 32.2. The summed E-state index contributed by atoms with van der Waals surface area (Å²) in [6.45, 7) is 3.60. The van der Waals surface area contributed by atoms with Crippen molar-refractivity contribution < 1.29 is 18.0 Å². The second kappa shape index (κ2) is 6.99. The summed E-state index contributed by atoms with van der Waals surface area (Å²) in [7, 11) is 0.